The first kappa shape index (κ1) is 21.5. The summed E-state index contributed by atoms with van der Waals surface area (Å²) in [4.78, 5) is 14.3. The van der Waals surface area contributed by atoms with Gasteiger partial charge in [0.2, 0.25) is 0 Å². The van der Waals surface area contributed by atoms with Crippen molar-refractivity contribution in [2.24, 2.45) is 5.92 Å². The van der Waals surface area contributed by atoms with E-state index >= 15 is 0 Å². The van der Waals surface area contributed by atoms with Crippen LogP contribution >= 0.6 is 11.6 Å². The quantitative estimate of drug-likeness (QED) is 0.681. The number of alkyl halides is 3. The fraction of sp³-hybridized carbons (Fsp3) is 0.632. The summed E-state index contributed by atoms with van der Waals surface area (Å²) in [5.41, 5.74) is -0.211. The van der Waals surface area contributed by atoms with Gasteiger partial charge in [0.15, 0.2) is 0 Å². The van der Waals surface area contributed by atoms with Crippen LogP contribution in [0.1, 0.15) is 50.9 Å². The zero-order valence-electron chi connectivity index (χ0n) is 16.4. The number of rotatable bonds is 2. The molecule has 2 fully saturated rings. The average Bonchev–Trinajstić information content (AvgIpc) is 2.81. The van der Waals surface area contributed by atoms with Gasteiger partial charge in [0.1, 0.15) is 0 Å². The molecule has 0 bridgehead atoms. The molecule has 9 heteroatoms. The summed E-state index contributed by atoms with van der Waals surface area (Å²) < 4.78 is 50.5. The Kier molecular flexibility index (Phi) is 5.53. The van der Waals surface area contributed by atoms with Crippen LogP contribution in [0.25, 0.3) is 0 Å². The van der Waals surface area contributed by atoms with E-state index in [-0.39, 0.29) is 31.8 Å². The van der Waals surface area contributed by atoms with E-state index in [1.807, 2.05) is 27.7 Å². The highest BCUT2D eigenvalue weighted by molar-refractivity contribution is 6.65. The minimum absolute atomic E-state index is 0.0765. The number of likely N-dealkylation sites (tertiary alicyclic amines) is 1. The third-order valence-electron chi connectivity index (χ3n) is 6.00. The van der Waals surface area contributed by atoms with E-state index in [0.717, 1.165) is 0 Å². The maximum atomic E-state index is 12.8. The number of amides is 1. The topological polar surface area (TPSA) is 38.8 Å². The Morgan fingerprint density at radius 1 is 1.14 bits per heavy atom. The first-order valence-corrected chi connectivity index (χ1v) is 9.71. The second kappa shape index (κ2) is 7.22. The summed E-state index contributed by atoms with van der Waals surface area (Å²) in [7, 11) is -0.721. The van der Waals surface area contributed by atoms with Crippen LogP contribution in [-0.4, -0.2) is 48.4 Å². The van der Waals surface area contributed by atoms with Gasteiger partial charge in [0.25, 0.3) is 5.91 Å². The summed E-state index contributed by atoms with van der Waals surface area (Å²) in [5.74, 6) is -1.66. The molecule has 4 nitrogen and oxygen atoms in total. The molecule has 0 saturated carbocycles. The van der Waals surface area contributed by atoms with Gasteiger partial charge in [-0.15, -0.1) is 0 Å². The summed E-state index contributed by atoms with van der Waals surface area (Å²) >= 11 is 6.31. The van der Waals surface area contributed by atoms with Gasteiger partial charge in [0, 0.05) is 29.1 Å². The molecule has 2 aliphatic heterocycles. The lowest BCUT2D eigenvalue weighted by molar-refractivity contribution is -0.183. The normalized spacial score (nSPS) is 22.6. The van der Waals surface area contributed by atoms with Gasteiger partial charge < -0.3 is 14.2 Å². The number of benzene rings is 1. The summed E-state index contributed by atoms with van der Waals surface area (Å²) in [6.07, 6.45) is -4.36. The maximum Gasteiger partial charge on any atom is 0.496 e. The summed E-state index contributed by atoms with van der Waals surface area (Å²) in [6.45, 7) is 7.83. The predicted molar refractivity (Wildman–Crippen MR) is 102 cm³/mol. The van der Waals surface area contributed by atoms with Gasteiger partial charge in [-0.3, -0.25) is 4.79 Å². The number of hydrogen-bond acceptors (Lipinski definition) is 3. The van der Waals surface area contributed by atoms with Crippen molar-refractivity contribution in [3.05, 3.63) is 28.8 Å². The standard InChI is InChI=1S/C19H24BClF3NO3/c1-17(2)18(3,4)28-20(27-17)14-11-12(5-6-15(14)21)16(26)25-9-7-13(8-10-25)19(22,23)24/h5-6,11,13H,7-10H2,1-4H3. The lowest BCUT2D eigenvalue weighted by Crippen LogP contribution is -2.42. The summed E-state index contributed by atoms with van der Waals surface area (Å²) in [5, 5.41) is 0.408. The third kappa shape index (κ3) is 4.05. The van der Waals surface area contributed by atoms with Crippen molar-refractivity contribution in [1.29, 1.82) is 0 Å². The highest BCUT2D eigenvalue weighted by Gasteiger charge is 2.52. The molecule has 28 heavy (non-hydrogen) atoms. The smallest absolute Gasteiger partial charge is 0.399 e. The van der Waals surface area contributed by atoms with E-state index in [0.29, 0.717) is 16.0 Å². The van der Waals surface area contributed by atoms with Crippen molar-refractivity contribution in [2.75, 3.05) is 13.1 Å². The molecule has 154 valence electrons. The molecule has 1 aromatic rings. The SMILES string of the molecule is CC1(C)OB(c2cc(C(=O)N3CCC(C(F)(F)F)CC3)ccc2Cl)OC1(C)C. The molecule has 0 unspecified atom stereocenters. The molecule has 0 N–H and O–H groups in total. The van der Waals surface area contributed by atoms with E-state index in [9.17, 15) is 18.0 Å². The van der Waals surface area contributed by atoms with Gasteiger partial charge in [-0.2, -0.15) is 13.2 Å². The Morgan fingerprint density at radius 2 is 1.68 bits per heavy atom. The van der Waals surface area contributed by atoms with E-state index in [2.05, 4.69) is 0 Å². The molecular formula is C19H24BClF3NO3. The Labute approximate surface area is 168 Å². The van der Waals surface area contributed by atoms with Crippen molar-refractivity contribution < 1.29 is 27.3 Å². The fourth-order valence-corrected chi connectivity index (χ4v) is 3.63. The molecule has 2 aliphatic rings. The molecular weight excluding hydrogens is 393 g/mol. The van der Waals surface area contributed by atoms with Crippen LogP contribution in [0, 0.1) is 5.92 Å². The van der Waals surface area contributed by atoms with E-state index in [1.165, 1.54) is 4.90 Å². The highest BCUT2D eigenvalue weighted by Crippen LogP contribution is 2.37. The van der Waals surface area contributed by atoms with Crippen LogP contribution in [-0.2, 0) is 9.31 Å². The zero-order chi connectivity index (χ0) is 20.9. The van der Waals surface area contributed by atoms with Crippen LogP contribution < -0.4 is 5.46 Å². The van der Waals surface area contributed by atoms with Gasteiger partial charge in [-0.1, -0.05) is 11.6 Å². The molecule has 0 aliphatic carbocycles. The number of nitrogens with zero attached hydrogens (tertiary/aromatic N) is 1. The van der Waals surface area contributed by atoms with Crippen molar-refractivity contribution >= 4 is 30.1 Å². The molecule has 2 heterocycles. The second-order valence-corrected chi connectivity index (χ2v) is 8.84. The molecule has 3 rings (SSSR count). The van der Waals surface area contributed by atoms with E-state index in [4.69, 9.17) is 20.9 Å². The van der Waals surface area contributed by atoms with Crippen LogP contribution in [0.4, 0.5) is 13.2 Å². The van der Waals surface area contributed by atoms with Crippen LogP contribution in [0.15, 0.2) is 18.2 Å². The minimum Gasteiger partial charge on any atom is -0.399 e. The zero-order valence-corrected chi connectivity index (χ0v) is 17.2. The number of carbonyl (C=O) groups is 1. The van der Waals surface area contributed by atoms with Gasteiger partial charge >= 0.3 is 13.3 Å². The number of piperidine rings is 1. The minimum atomic E-state index is -4.21. The first-order valence-electron chi connectivity index (χ1n) is 9.33. The Hall–Kier alpha value is -1.25. The van der Waals surface area contributed by atoms with Crippen LogP contribution in [0.2, 0.25) is 5.02 Å². The van der Waals surface area contributed by atoms with Crippen molar-refractivity contribution in [3.8, 4) is 0 Å². The molecule has 1 aromatic carbocycles. The lowest BCUT2D eigenvalue weighted by atomic mass is 9.78. The van der Waals surface area contributed by atoms with Crippen molar-refractivity contribution in [2.45, 2.75) is 57.9 Å². The van der Waals surface area contributed by atoms with Gasteiger partial charge in [0.05, 0.1) is 17.1 Å². The average molecular weight is 418 g/mol. The van der Waals surface area contributed by atoms with Crippen molar-refractivity contribution in [3.63, 3.8) is 0 Å². The Morgan fingerprint density at radius 3 is 2.18 bits per heavy atom. The van der Waals surface area contributed by atoms with Crippen LogP contribution in [0.5, 0.6) is 0 Å². The molecule has 0 spiro atoms. The Balaban J connectivity index is 1.76. The summed E-state index contributed by atoms with van der Waals surface area (Å²) in [6, 6.07) is 4.79. The van der Waals surface area contributed by atoms with Crippen molar-refractivity contribution in [1.82, 2.24) is 4.90 Å². The third-order valence-corrected chi connectivity index (χ3v) is 6.34. The van der Waals surface area contributed by atoms with E-state index < -0.39 is 30.4 Å². The molecule has 2 saturated heterocycles. The second-order valence-electron chi connectivity index (χ2n) is 8.43. The maximum absolute atomic E-state index is 12.8. The van der Waals surface area contributed by atoms with Gasteiger partial charge in [-0.05, 0) is 58.7 Å². The predicted octanol–water partition coefficient (Wildman–Crippen LogP) is 4.05. The van der Waals surface area contributed by atoms with Gasteiger partial charge in [-0.25, -0.2) is 0 Å². The fourth-order valence-electron chi connectivity index (χ4n) is 3.42. The number of hydrogen-bond donors (Lipinski definition) is 0. The largest absolute Gasteiger partial charge is 0.496 e. The lowest BCUT2D eigenvalue weighted by Gasteiger charge is -2.33. The highest BCUT2D eigenvalue weighted by atomic mass is 35.5. The number of carbonyl (C=O) groups excluding carboxylic acids is 1. The first-order chi connectivity index (χ1) is 12.8. The monoisotopic (exact) mass is 417 g/mol. The molecule has 0 radical (unpaired) electrons. The molecule has 0 aromatic heterocycles. The van der Waals surface area contributed by atoms with Crippen LogP contribution in [0.3, 0.4) is 0 Å². The Bertz CT molecular complexity index is 745. The van der Waals surface area contributed by atoms with E-state index in [1.54, 1.807) is 18.2 Å². The molecule has 0 atom stereocenters. The molecule has 1 amide bonds. The number of halogens is 4.